The maximum absolute atomic E-state index is 9.12. The van der Waals surface area contributed by atoms with Gasteiger partial charge in [0.2, 0.25) is 0 Å². The van der Waals surface area contributed by atoms with Gasteiger partial charge >= 0.3 is 51.2 Å². The molecule has 0 aromatic carbocycles. The van der Waals surface area contributed by atoms with Gasteiger partial charge in [0.1, 0.15) is 0 Å². The second-order valence-electron chi connectivity index (χ2n) is 0.0583. The summed E-state index contributed by atoms with van der Waals surface area (Å²) in [6.07, 6.45) is 0. The van der Waals surface area contributed by atoms with Crippen LogP contribution in [0.15, 0.2) is 0 Å². The van der Waals surface area contributed by atoms with Crippen molar-refractivity contribution < 1.29 is 14.2 Å². The molecule has 1 unspecified atom stereocenters. The Morgan fingerprint density at radius 1 is 1.17 bits per heavy atom. The van der Waals surface area contributed by atoms with E-state index in [1.54, 1.807) is 0 Å². The standard InChI is InChI=1S/F2O.H3P.Pb.Sn.4H/c1-3-2;;;;;;;/h;1H3;;;;;;. The summed E-state index contributed by atoms with van der Waals surface area (Å²) in [6, 6.07) is 0. The van der Waals surface area contributed by atoms with Crippen LogP contribution in [0, 0.1) is 0 Å². The van der Waals surface area contributed by atoms with Crippen LogP contribution in [-0.4, -0.2) is 51.2 Å². The molecule has 0 heterocycles. The van der Waals surface area contributed by atoms with Gasteiger partial charge in [-0.1, -0.05) is 0 Å². The van der Waals surface area contributed by atoms with Crippen molar-refractivity contribution in [2.24, 2.45) is 0 Å². The molecule has 0 saturated carbocycles. The van der Waals surface area contributed by atoms with E-state index < -0.39 is 0 Å². The summed E-state index contributed by atoms with van der Waals surface area (Å²) in [4.78, 5) is 0. The van der Waals surface area contributed by atoms with E-state index >= 15 is 0 Å². The predicted octanol–water partition coefficient (Wildman–Crippen LogP) is -1.00. The van der Waals surface area contributed by atoms with Gasteiger partial charge in [0.15, 0.2) is 0 Å². The number of hydrogen-bond donors (Lipinski definition) is 0. The topological polar surface area (TPSA) is 9.23 Å². The molecule has 0 aromatic heterocycles. The molecule has 6 heteroatoms. The van der Waals surface area contributed by atoms with Crippen molar-refractivity contribution in [1.29, 1.82) is 0 Å². The van der Waals surface area contributed by atoms with Crippen LogP contribution in [0.4, 0.5) is 9.05 Å². The van der Waals surface area contributed by atoms with Crippen LogP contribution in [-0.2, 0) is 5.15 Å². The summed E-state index contributed by atoms with van der Waals surface area (Å²) in [5.41, 5.74) is 0. The first kappa shape index (κ1) is 24.6. The van der Waals surface area contributed by atoms with Crippen LogP contribution in [0.3, 0.4) is 0 Å². The van der Waals surface area contributed by atoms with Gasteiger partial charge in [-0.15, -0.1) is 0 Å². The Morgan fingerprint density at radius 3 is 1.17 bits per heavy atom. The molecule has 1 nitrogen and oxygen atoms in total. The Morgan fingerprint density at radius 2 is 1.17 bits per heavy atom. The average Bonchev–Trinajstić information content (AvgIpc) is 0.918. The second kappa shape index (κ2) is 28.2. The molecule has 0 fully saturated rings. The molecule has 0 aliphatic heterocycles. The third-order valence-electron chi connectivity index (χ3n) is 0. The zero-order valence-electron chi connectivity index (χ0n) is 3.29. The van der Waals surface area contributed by atoms with Gasteiger partial charge < -0.3 is 0 Å². The summed E-state index contributed by atoms with van der Waals surface area (Å²) < 4.78 is 18.2. The number of rotatable bonds is 0. The van der Waals surface area contributed by atoms with E-state index in [1.165, 1.54) is 5.15 Å². The first-order valence-electron chi connectivity index (χ1n) is 0.309. The van der Waals surface area contributed by atoms with Gasteiger partial charge in [-0.2, -0.15) is 9.90 Å². The van der Waals surface area contributed by atoms with Gasteiger partial charge in [-0.3, -0.25) is 0 Å². The fourth-order valence-corrected chi connectivity index (χ4v) is 0. The number of halogens is 2. The molecule has 0 N–H and O–H groups in total. The molecule has 4 radical (unpaired) electrons. The first-order chi connectivity index (χ1) is 1.41. The van der Waals surface area contributed by atoms with Gasteiger partial charge in [0, 0.05) is 5.15 Å². The van der Waals surface area contributed by atoms with Crippen LogP contribution >= 0.6 is 9.90 Å². The van der Waals surface area contributed by atoms with Crippen molar-refractivity contribution in [2.75, 3.05) is 0 Å². The Hall–Kier alpha value is 1.97. The van der Waals surface area contributed by atoms with E-state index in [4.69, 9.17) is 9.05 Å². The van der Waals surface area contributed by atoms with E-state index in [0.29, 0.717) is 0 Å². The van der Waals surface area contributed by atoms with Crippen molar-refractivity contribution in [3.63, 3.8) is 0 Å². The molecular formula is H7F2OPPbSn. The minimum atomic E-state index is 0. The van der Waals surface area contributed by atoms with Crippen LogP contribution < -0.4 is 0 Å². The van der Waals surface area contributed by atoms with Crippen LogP contribution in [0.2, 0.25) is 0 Å². The summed E-state index contributed by atoms with van der Waals surface area (Å²) in [5.74, 6) is 0. The van der Waals surface area contributed by atoms with Crippen LogP contribution in [0.25, 0.3) is 0 Å². The Kier molecular flexibility index (Phi) is 115. The summed E-state index contributed by atoms with van der Waals surface area (Å²) in [7, 11) is 0. The van der Waals surface area contributed by atoms with E-state index in [9.17, 15) is 0 Å². The molecule has 0 aliphatic carbocycles. The molecule has 0 rings (SSSR count). The Labute approximate surface area is 74.7 Å². The Bertz CT molecular complexity index is 13.5. The molecule has 0 spiro atoms. The van der Waals surface area contributed by atoms with E-state index in [-0.39, 0.29) is 61.1 Å². The zero-order chi connectivity index (χ0) is 2.71. The Balaban J connectivity index is -0.00000000667. The van der Waals surface area contributed by atoms with Crippen molar-refractivity contribution in [2.45, 2.75) is 0 Å². The molecule has 0 saturated heterocycles. The van der Waals surface area contributed by atoms with Gasteiger partial charge in [-0.05, 0) is 9.05 Å². The molecule has 6 heavy (non-hydrogen) atoms. The molecular weight excluding hydrogens is 411 g/mol. The third-order valence-corrected chi connectivity index (χ3v) is 0. The summed E-state index contributed by atoms with van der Waals surface area (Å²) >= 11 is 0. The van der Waals surface area contributed by atoms with Crippen molar-refractivity contribution >= 4 is 61.1 Å². The van der Waals surface area contributed by atoms with Crippen molar-refractivity contribution in [3.05, 3.63) is 0 Å². The molecule has 1 atom stereocenters. The fraction of sp³-hybridized carbons (Fsp3) is 0. The van der Waals surface area contributed by atoms with Gasteiger partial charge in [0.25, 0.3) is 0 Å². The quantitative estimate of drug-likeness (QED) is 0.363. The molecule has 0 aliphatic rings. The fourth-order valence-electron chi connectivity index (χ4n) is 0. The van der Waals surface area contributed by atoms with E-state index in [1.807, 2.05) is 0 Å². The monoisotopic (exact) mass is 420 g/mol. The third kappa shape index (κ3) is 38.0. The van der Waals surface area contributed by atoms with Crippen molar-refractivity contribution in [1.82, 2.24) is 0 Å². The van der Waals surface area contributed by atoms with Crippen LogP contribution in [0.5, 0.6) is 0 Å². The van der Waals surface area contributed by atoms with Crippen LogP contribution in [0.1, 0.15) is 0 Å². The van der Waals surface area contributed by atoms with Crippen molar-refractivity contribution in [3.8, 4) is 0 Å². The molecule has 40 valence electrons. The minimum absolute atomic E-state index is 0. The second-order valence-corrected chi connectivity index (χ2v) is 0.0583. The molecule has 0 amide bonds. The van der Waals surface area contributed by atoms with E-state index in [0.717, 1.165) is 0 Å². The predicted molar refractivity (Wildman–Crippen MR) is 31.5 cm³/mol. The zero-order valence-corrected chi connectivity index (χ0v) is 14.2. The maximum atomic E-state index is 9.12. The molecule has 0 bridgehead atoms. The summed E-state index contributed by atoms with van der Waals surface area (Å²) in [6.45, 7) is 0. The molecule has 0 aromatic rings. The first-order valence-corrected chi connectivity index (χ1v) is 0.309. The average molecular weight is 418 g/mol. The normalized spacial score (nSPS) is 3.00. The van der Waals surface area contributed by atoms with Gasteiger partial charge in [0.05, 0.1) is 0 Å². The SMILES string of the molecule is FOF.P.[PbH2].[SnH2]. The number of hydrogen-bond acceptors (Lipinski definition) is 1. The summed E-state index contributed by atoms with van der Waals surface area (Å²) in [5, 5.41) is 1.25. The van der Waals surface area contributed by atoms with Gasteiger partial charge in [-0.25, -0.2) is 0 Å². The van der Waals surface area contributed by atoms with E-state index in [2.05, 4.69) is 0 Å².